The van der Waals surface area contributed by atoms with Crippen molar-refractivity contribution in [3.63, 3.8) is 0 Å². The highest BCUT2D eigenvalue weighted by atomic mass is 32.2. The normalized spacial score (nSPS) is 12.1. The van der Waals surface area contributed by atoms with E-state index in [1.54, 1.807) is 0 Å². The minimum Gasteiger partial charge on any atom is -0.406 e. The van der Waals surface area contributed by atoms with E-state index < -0.39 is 52.0 Å². The lowest BCUT2D eigenvalue weighted by Gasteiger charge is -2.14. The third kappa shape index (κ3) is 5.56. The number of benzene rings is 1. The van der Waals surface area contributed by atoms with Crippen LogP contribution in [0.1, 0.15) is 10.5 Å². The van der Waals surface area contributed by atoms with Crippen LogP contribution < -0.4 is 15.8 Å². The van der Waals surface area contributed by atoms with Gasteiger partial charge in [0, 0.05) is 6.20 Å². The van der Waals surface area contributed by atoms with Crippen LogP contribution in [0.3, 0.4) is 0 Å². The number of aliphatic hydroxyl groups is 2. The maximum atomic E-state index is 12.6. The summed E-state index contributed by atoms with van der Waals surface area (Å²) >= 11 is 0. The van der Waals surface area contributed by atoms with Gasteiger partial charge in [-0.15, -0.1) is 13.2 Å². The Kier molecular flexibility index (Phi) is 6.66. The predicted octanol–water partition coefficient (Wildman–Crippen LogP) is 0.478. The number of halogens is 3. The number of anilines is 1. The highest BCUT2D eigenvalue weighted by molar-refractivity contribution is 7.91. The van der Waals surface area contributed by atoms with Gasteiger partial charge in [0.1, 0.15) is 5.75 Å². The Morgan fingerprint density at radius 2 is 1.76 bits per heavy atom. The third-order valence-electron chi connectivity index (χ3n) is 3.56. The molecule has 0 fully saturated rings. The maximum Gasteiger partial charge on any atom is 0.573 e. The fourth-order valence-electron chi connectivity index (χ4n) is 2.16. The van der Waals surface area contributed by atoms with Crippen molar-refractivity contribution in [2.45, 2.75) is 22.2 Å². The second-order valence-electron chi connectivity index (χ2n) is 5.67. The molecule has 0 atom stereocenters. The molecule has 13 heteroatoms. The summed E-state index contributed by atoms with van der Waals surface area (Å²) < 4.78 is 65.5. The van der Waals surface area contributed by atoms with Crippen LogP contribution in [0.4, 0.5) is 18.9 Å². The van der Waals surface area contributed by atoms with Crippen LogP contribution >= 0.6 is 0 Å². The van der Waals surface area contributed by atoms with E-state index in [0.717, 1.165) is 36.5 Å². The molecule has 0 aliphatic rings. The summed E-state index contributed by atoms with van der Waals surface area (Å²) in [7, 11) is -4.19. The molecule has 29 heavy (non-hydrogen) atoms. The standard InChI is InChI=1S/C16H16F3N3O6S/c17-16(18,19)28-10-1-3-11(4-2-10)29(26,27)12-5-13(20)14(21-6-12)15(25)22-9(7-23)8-24/h1-6,9,23-24H,7-8,20H2,(H,22,25). The Morgan fingerprint density at radius 3 is 2.24 bits per heavy atom. The molecule has 1 heterocycles. The van der Waals surface area contributed by atoms with E-state index >= 15 is 0 Å². The van der Waals surface area contributed by atoms with Gasteiger partial charge in [-0.1, -0.05) is 0 Å². The minimum atomic E-state index is -4.92. The van der Waals surface area contributed by atoms with Crippen molar-refractivity contribution in [2.75, 3.05) is 18.9 Å². The molecule has 0 saturated heterocycles. The molecule has 9 nitrogen and oxygen atoms in total. The molecule has 0 radical (unpaired) electrons. The van der Waals surface area contributed by atoms with Crippen LogP contribution in [0.5, 0.6) is 5.75 Å². The molecule has 2 aromatic rings. The molecule has 0 unspecified atom stereocenters. The van der Waals surface area contributed by atoms with Gasteiger partial charge in [0.2, 0.25) is 9.84 Å². The second-order valence-corrected chi connectivity index (χ2v) is 7.62. The Hall–Kier alpha value is -2.90. The van der Waals surface area contributed by atoms with Crippen molar-refractivity contribution in [3.8, 4) is 5.75 Å². The number of pyridine rings is 1. The van der Waals surface area contributed by atoms with E-state index in [1.165, 1.54) is 0 Å². The van der Waals surface area contributed by atoms with E-state index in [9.17, 15) is 26.4 Å². The van der Waals surface area contributed by atoms with Crippen molar-refractivity contribution in [3.05, 3.63) is 42.2 Å². The number of ether oxygens (including phenoxy) is 1. The summed E-state index contributed by atoms with van der Waals surface area (Å²) in [6.45, 7) is -1.08. The number of alkyl halides is 3. The first kappa shape index (κ1) is 22.4. The van der Waals surface area contributed by atoms with Gasteiger partial charge in [0.25, 0.3) is 5.91 Å². The second kappa shape index (κ2) is 8.63. The van der Waals surface area contributed by atoms with Crippen molar-refractivity contribution in [2.24, 2.45) is 0 Å². The largest absolute Gasteiger partial charge is 0.573 e. The van der Waals surface area contributed by atoms with Gasteiger partial charge in [-0.05, 0) is 30.3 Å². The highest BCUT2D eigenvalue weighted by Gasteiger charge is 2.31. The number of aliphatic hydroxyl groups excluding tert-OH is 2. The van der Waals surface area contributed by atoms with Crippen LogP contribution in [0.25, 0.3) is 0 Å². The summed E-state index contributed by atoms with van der Waals surface area (Å²) in [5, 5.41) is 20.2. The number of nitrogens with one attached hydrogen (secondary N) is 1. The van der Waals surface area contributed by atoms with Gasteiger partial charge in [0.15, 0.2) is 5.69 Å². The van der Waals surface area contributed by atoms with Gasteiger partial charge < -0.3 is 26.0 Å². The maximum absolute atomic E-state index is 12.6. The number of aromatic nitrogens is 1. The van der Waals surface area contributed by atoms with Gasteiger partial charge in [-0.3, -0.25) is 4.79 Å². The summed E-state index contributed by atoms with van der Waals surface area (Å²) in [6, 6.07) is 3.51. The third-order valence-corrected chi connectivity index (χ3v) is 5.30. The van der Waals surface area contributed by atoms with Crippen molar-refractivity contribution < 1.29 is 41.3 Å². The number of rotatable bonds is 7. The Labute approximate surface area is 162 Å². The SMILES string of the molecule is Nc1cc(S(=O)(=O)c2ccc(OC(F)(F)F)cc2)cnc1C(=O)NC(CO)CO. The number of hydrogen-bond acceptors (Lipinski definition) is 8. The van der Waals surface area contributed by atoms with E-state index in [1.807, 2.05) is 0 Å². The van der Waals surface area contributed by atoms with Gasteiger partial charge in [0.05, 0.1) is 34.7 Å². The van der Waals surface area contributed by atoms with Crippen LogP contribution in [0, 0.1) is 0 Å². The lowest BCUT2D eigenvalue weighted by Crippen LogP contribution is -2.40. The molecule has 0 saturated carbocycles. The van der Waals surface area contributed by atoms with E-state index in [4.69, 9.17) is 15.9 Å². The number of nitrogen functional groups attached to an aromatic ring is 1. The average Bonchev–Trinajstić information content (AvgIpc) is 2.64. The first-order valence-corrected chi connectivity index (χ1v) is 9.35. The van der Waals surface area contributed by atoms with Crippen LogP contribution in [-0.2, 0) is 9.84 Å². The van der Waals surface area contributed by atoms with E-state index in [0.29, 0.717) is 0 Å². The molecule has 5 N–H and O–H groups in total. The Morgan fingerprint density at radius 1 is 1.17 bits per heavy atom. The first-order valence-electron chi connectivity index (χ1n) is 7.87. The van der Waals surface area contributed by atoms with E-state index in [-0.39, 0.29) is 16.3 Å². The molecule has 0 aliphatic carbocycles. The number of nitrogens with zero attached hydrogens (tertiary/aromatic N) is 1. The summed E-state index contributed by atoms with van der Waals surface area (Å²) in [6.07, 6.45) is -4.06. The topological polar surface area (TPSA) is 152 Å². The van der Waals surface area contributed by atoms with Crippen LogP contribution in [-0.4, -0.2) is 55.1 Å². The molecule has 2 rings (SSSR count). The number of carbonyl (C=O) groups excluding carboxylic acids is 1. The molecular weight excluding hydrogens is 419 g/mol. The summed E-state index contributed by atoms with van der Waals surface area (Å²) in [5.74, 6) is -1.43. The molecule has 1 amide bonds. The number of carbonyl (C=O) groups is 1. The zero-order chi connectivity index (χ0) is 21.8. The smallest absolute Gasteiger partial charge is 0.406 e. The number of nitrogens with two attached hydrogens (primary N) is 1. The fourth-order valence-corrected chi connectivity index (χ4v) is 3.40. The molecule has 1 aromatic carbocycles. The molecule has 0 bridgehead atoms. The Bertz CT molecular complexity index is 976. The number of amides is 1. The van der Waals surface area contributed by atoms with Gasteiger partial charge in [-0.2, -0.15) is 0 Å². The molecule has 1 aromatic heterocycles. The molecule has 0 aliphatic heterocycles. The zero-order valence-corrected chi connectivity index (χ0v) is 15.4. The van der Waals surface area contributed by atoms with Crippen molar-refractivity contribution in [1.82, 2.24) is 10.3 Å². The monoisotopic (exact) mass is 435 g/mol. The molecule has 158 valence electrons. The van der Waals surface area contributed by atoms with Crippen LogP contribution in [0.15, 0.2) is 46.3 Å². The number of sulfone groups is 1. The first-order chi connectivity index (χ1) is 13.5. The average molecular weight is 435 g/mol. The summed E-state index contributed by atoms with van der Waals surface area (Å²) in [4.78, 5) is 15.0. The zero-order valence-electron chi connectivity index (χ0n) is 14.5. The fraction of sp³-hybridized carbons (Fsp3) is 0.250. The summed E-state index contributed by atoms with van der Waals surface area (Å²) in [5.41, 5.74) is 5.07. The van der Waals surface area contributed by atoms with Gasteiger partial charge >= 0.3 is 6.36 Å². The minimum absolute atomic E-state index is 0.296. The lowest BCUT2D eigenvalue weighted by atomic mass is 10.2. The van der Waals surface area contributed by atoms with Crippen molar-refractivity contribution >= 4 is 21.4 Å². The molecular formula is C16H16F3N3O6S. The quantitative estimate of drug-likeness (QED) is 0.490. The van der Waals surface area contributed by atoms with Crippen molar-refractivity contribution in [1.29, 1.82) is 0 Å². The Balaban J connectivity index is 2.27. The van der Waals surface area contributed by atoms with E-state index in [2.05, 4.69) is 15.0 Å². The number of hydrogen-bond donors (Lipinski definition) is 4. The lowest BCUT2D eigenvalue weighted by molar-refractivity contribution is -0.274. The highest BCUT2D eigenvalue weighted by Crippen LogP contribution is 2.27. The van der Waals surface area contributed by atoms with Gasteiger partial charge in [-0.25, -0.2) is 13.4 Å². The van der Waals surface area contributed by atoms with Crippen LogP contribution in [0.2, 0.25) is 0 Å². The molecule has 0 spiro atoms. The predicted molar refractivity (Wildman–Crippen MR) is 92.7 cm³/mol.